The summed E-state index contributed by atoms with van der Waals surface area (Å²) in [5.74, 6) is -0.750. The molecule has 10 heteroatoms. The maximum absolute atomic E-state index is 13.2. The minimum atomic E-state index is -4.60. The van der Waals surface area contributed by atoms with Crippen molar-refractivity contribution in [3.8, 4) is 5.88 Å². The molecule has 2 aromatic heterocycles. The topological polar surface area (TPSA) is 77.4 Å². The van der Waals surface area contributed by atoms with E-state index in [1.54, 1.807) is 18.2 Å². The standard InChI is InChI=1S/C24H25F3N4O3/c1-2-34-22-9-6-17-18(4-3-5-19(17)30-22)21(32)8-7-20(31-10-12-33-13-11-31)16-14-28-23(29-15-16)24(25,26)27/h3-6,9,14-15,20H,2,7-8,10-13H2,1H3. The van der Waals surface area contributed by atoms with Gasteiger partial charge >= 0.3 is 6.18 Å². The lowest BCUT2D eigenvalue weighted by atomic mass is 9.96. The van der Waals surface area contributed by atoms with Crippen molar-refractivity contribution in [1.82, 2.24) is 19.9 Å². The number of Topliss-reactive ketones (excluding diaryl/α,β-unsaturated/α-hetero) is 1. The lowest BCUT2D eigenvalue weighted by Crippen LogP contribution is -2.39. The van der Waals surface area contributed by atoms with Crippen molar-refractivity contribution in [3.05, 3.63) is 59.7 Å². The summed E-state index contributed by atoms with van der Waals surface area (Å²) in [5.41, 5.74) is 1.76. The fraction of sp³-hybridized carbons (Fsp3) is 0.417. The molecular formula is C24H25F3N4O3. The van der Waals surface area contributed by atoms with Crippen molar-refractivity contribution in [2.75, 3.05) is 32.9 Å². The number of carbonyl (C=O) groups excluding carboxylic acids is 1. The summed E-state index contributed by atoms with van der Waals surface area (Å²) >= 11 is 0. The van der Waals surface area contributed by atoms with Crippen LogP contribution in [0.4, 0.5) is 13.2 Å². The number of aromatic nitrogens is 3. The molecule has 3 heterocycles. The molecule has 4 rings (SSSR count). The Morgan fingerprint density at radius 3 is 2.56 bits per heavy atom. The van der Waals surface area contributed by atoms with Crippen LogP contribution < -0.4 is 4.74 Å². The number of morpholine rings is 1. The second-order valence-corrected chi connectivity index (χ2v) is 7.92. The molecule has 1 fully saturated rings. The molecule has 1 atom stereocenters. The van der Waals surface area contributed by atoms with Gasteiger partial charge in [-0.15, -0.1) is 0 Å². The SMILES string of the molecule is CCOc1ccc2c(C(=O)CCC(c3cnc(C(F)(F)F)nc3)N3CCOCC3)cccc2n1. The maximum atomic E-state index is 13.2. The number of rotatable bonds is 8. The first-order valence-corrected chi connectivity index (χ1v) is 11.1. The van der Waals surface area contributed by atoms with E-state index in [9.17, 15) is 18.0 Å². The molecule has 0 bridgehead atoms. The van der Waals surface area contributed by atoms with Crippen molar-refractivity contribution in [3.63, 3.8) is 0 Å². The highest BCUT2D eigenvalue weighted by atomic mass is 19.4. The van der Waals surface area contributed by atoms with Gasteiger partial charge in [-0.1, -0.05) is 12.1 Å². The third-order valence-electron chi connectivity index (χ3n) is 5.74. The number of ether oxygens (including phenoxy) is 2. The number of alkyl halides is 3. The second kappa shape index (κ2) is 10.4. The Morgan fingerprint density at radius 2 is 1.88 bits per heavy atom. The molecule has 0 N–H and O–H groups in total. The molecule has 7 nitrogen and oxygen atoms in total. The highest BCUT2D eigenvalue weighted by molar-refractivity contribution is 6.07. The summed E-state index contributed by atoms with van der Waals surface area (Å²) in [4.78, 5) is 26.8. The van der Waals surface area contributed by atoms with Gasteiger partial charge < -0.3 is 9.47 Å². The van der Waals surface area contributed by atoms with E-state index in [1.807, 2.05) is 19.1 Å². The molecule has 3 aromatic rings. The Hall–Kier alpha value is -3.11. The zero-order chi connectivity index (χ0) is 24.1. The smallest absolute Gasteiger partial charge is 0.451 e. The molecule has 0 radical (unpaired) electrons. The van der Waals surface area contributed by atoms with Crippen LogP contribution in [-0.4, -0.2) is 58.5 Å². The Kier molecular flexibility index (Phi) is 7.38. The summed E-state index contributed by atoms with van der Waals surface area (Å²) in [5, 5.41) is 0.733. The van der Waals surface area contributed by atoms with Crippen LogP contribution in [0.1, 0.15) is 47.6 Å². The molecule has 0 aliphatic carbocycles. The van der Waals surface area contributed by atoms with Crippen LogP contribution in [0.25, 0.3) is 10.9 Å². The van der Waals surface area contributed by atoms with E-state index >= 15 is 0 Å². The van der Waals surface area contributed by atoms with Crippen LogP contribution in [0.5, 0.6) is 5.88 Å². The quantitative estimate of drug-likeness (QED) is 0.446. The first-order valence-electron chi connectivity index (χ1n) is 11.1. The molecule has 0 saturated carbocycles. The van der Waals surface area contributed by atoms with Crippen molar-refractivity contribution >= 4 is 16.7 Å². The summed E-state index contributed by atoms with van der Waals surface area (Å²) < 4.78 is 49.6. The van der Waals surface area contributed by atoms with Crippen LogP contribution in [0.15, 0.2) is 42.7 Å². The predicted molar refractivity (Wildman–Crippen MR) is 119 cm³/mol. The fourth-order valence-electron chi connectivity index (χ4n) is 4.12. The monoisotopic (exact) mass is 474 g/mol. The summed E-state index contributed by atoms with van der Waals surface area (Å²) in [6.07, 6.45) is -1.58. The van der Waals surface area contributed by atoms with Gasteiger partial charge in [-0.25, -0.2) is 15.0 Å². The molecule has 1 aromatic carbocycles. The van der Waals surface area contributed by atoms with Crippen LogP contribution >= 0.6 is 0 Å². The molecule has 1 aliphatic heterocycles. The van der Waals surface area contributed by atoms with E-state index in [-0.39, 0.29) is 18.2 Å². The second-order valence-electron chi connectivity index (χ2n) is 7.92. The van der Waals surface area contributed by atoms with Gasteiger partial charge in [-0.3, -0.25) is 9.69 Å². The maximum Gasteiger partial charge on any atom is 0.451 e. The van der Waals surface area contributed by atoms with Crippen LogP contribution in [0, 0.1) is 0 Å². The van der Waals surface area contributed by atoms with Gasteiger partial charge in [-0.2, -0.15) is 13.2 Å². The van der Waals surface area contributed by atoms with E-state index in [1.165, 1.54) is 12.4 Å². The first-order chi connectivity index (χ1) is 16.4. The fourth-order valence-corrected chi connectivity index (χ4v) is 4.12. The summed E-state index contributed by atoms with van der Waals surface area (Å²) in [7, 11) is 0. The highest BCUT2D eigenvalue weighted by Gasteiger charge is 2.35. The van der Waals surface area contributed by atoms with Crippen molar-refractivity contribution in [2.45, 2.75) is 32.0 Å². The molecule has 34 heavy (non-hydrogen) atoms. The van der Waals surface area contributed by atoms with E-state index in [0.29, 0.717) is 61.9 Å². The molecular weight excluding hydrogens is 449 g/mol. The number of hydrogen-bond acceptors (Lipinski definition) is 7. The highest BCUT2D eigenvalue weighted by Crippen LogP contribution is 2.30. The number of benzene rings is 1. The number of carbonyl (C=O) groups is 1. The van der Waals surface area contributed by atoms with Gasteiger partial charge in [0.25, 0.3) is 0 Å². The van der Waals surface area contributed by atoms with E-state index in [4.69, 9.17) is 9.47 Å². The molecule has 0 amide bonds. The summed E-state index contributed by atoms with van der Waals surface area (Å²) in [6, 6.07) is 8.62. The number of hydrogen-bond donors (Lipinski definition) is 0. The largest absolute Gasteiger partial charge is 0.478 e. The normalized spacial score (nSPS) is 15.9. The van der Waals surface area contributed by atoms with Crippen molar-refractivity contribution in [2.24, 2.45) is 0 Å². The van der Waals surface area contributed by atoms with E-state index in [2.05, 4.69) is 19.9 Å². The Balaban J connectivity index is 1.55. The average Bonchev–Trinajstić information content (AvgIpc) is 2.84. The average molecular weight is 474 g/mol. The number of pyridine rings is 1. The van der Waals surface area contributed by atoms with Gasteiger partial charge in [-0.05, 0) is 25.5 Å². The number of halogens is 3. The molecule has 1 aliphatic rings. The Bertz CT molecular complexity index is 1130. The van der Waals surface area contributed by atoms with E-state index < -0.39 is 12.0 Å². The molecule has 1 unspecified atom stereocenters. The van der Waals surface area contributed by atoms with Gasteiger partial charge in [0.1, 0.15) is 0 Å². The number of nitrogens with zero attached hydrogens (tertiary/aromatic N) is 4. The van der Waals surface area contributed by atoms with Gasteiger partial charge in [0.05, 0.1) is 25.3 Å². The number of fused-ring (bicyclic) bond motifs is 1. The third-order valence-corrected chi connectivity index (χ3v) is 5.74. The van der Waals surface area contributed by atoms with Gasteiger partial charge in [0.15, 0.2) is 5.78 Å². The number of ketones is 1. The van der Waals surface area contributed by atoms with Crippen LogP contribution in [-0.2, 0) is 10.9 Å². The molecule has 0 spiro atoms. The van der Waals surface area contributed by atoms with Crippen LogP contribution in [0.3, 0.4) is 0 Å². The Labute approximate surface area is 194 Å². The lowest BCUT2D eigenvalue weighted by Gasteiger charge is -2.34. The molecule has 180 valence electrons. The van der Waals surface area contributed by atoms with Gasteiger partial charge in [0.2, 0.25) is 11.7 Å². The zero-order valence-corrected chi connectivity index (χ0v) is 18.7. The van der Waals surface area contributed by atoms with Crippen molar-refractivity contribution < 1.29 is 27.4 Å². The minimum absolute atomic E-state index is 0.0670. The lowest BCUT2D eigenvalue weighted by molar-refractivity contribution is -0.145. The third kappa shape index (κ3) is 5.51. The van der Waals surface area contributed by atoms with Crippen molar-refractivity contribution in [1.29, 1.82) is 0 Å². The van der Waals surface area contributed by atoms with E-state index in [0.717, 1.165) is 5.39 Å². The predicted octanol–water partition coefficient (Wildman–Crippen LogP) is 4.48. The minimum Gasteiger partial charge on any atom is -0.478 e. The summed E-state index contributed by atoms with van der Waals surface area (Å²) in [6.45, 7) is 4.62. The zero-order valence-electron chi connectivity index (χ0n) is 18.7. The van der Waals surface area contributed by atoms with Gasteiger partial charge in [0, 0.05) is 60.5 Å². The first kappa shape index (κ1) is 24.0. The van der Waals surface area contributed by atoms with Crippen LogP contribution in [0.2, 0.25) is 0 Å². The Morgan fingerprint density at radius 1 is 1.15 bits per heavy atom. The molecule has 1 saturated heterocycles.